The Morgan fingerprint density at radius 3 is 2.76 bits per heavy atom. The lowest BCUT2D eigenvalue weighted by atomic mass is 10.0. The highest BCUT2D eigenvalue weighted by molar-refractivity contribution is 7.92. The lowest BCUT2D eigenvalue weighted by Crippen LogP contribution is -2.20. The van der Waals surface area contributed by atoms with E-state index in [1.54, 1.807) is 6.07 Å². The summed E-state index contributed by atoms with van der Waals surface area (Å²) in [5.74, 6) is 0. The third kappa shape index (κ3) is 3.49. The van der Waals surface area contributed by atoms with E-state index in [1.807, 2.05) is 4.72 Å². The first-order valence-corrected chi connectivity index (χ1v) is 9.06. The molecule has 0 spiro atoms. The molecule has 1 aliphatic heterocycles. The number of rotatable bonds is 4. The second-order valence-corrected chi connectivity index (χ2v) is 7.24. The van der Waals surface area contributed by atoms with Crippen LogP contribution in [0.5, 0.6) is 0 Å². The van der Waals surface area contributed by atoms with Gasteiger partial charge in [0.05, 0.1) is 30.0 Å². The molecule has 10 heteroatoms. The van der Waals surface area contributed by atoms with Crippen molar-refractivity contribution in [3.05, 3.63) is 41.2 Å². The Bertz CT molecular complexity index is 891. The number of ether oxygens (including phenoxy) is 1. The standard InChI is InChI=1S/C15H16F3N3O3S/c1-2-21-14(15(16,17)18)13(8-19-21)20-25(22,23)12-4-3-10-5-6-24-9-11(10)7-12/h3-4,7-8,20H,2,5-6,9H2,1H3. The van der Waals surface area contributed by atoms with Gasteiger partial charge in [0.2, 0.25) is 0 Å². The number of halogens is 3. The second kappa shape index (κ2) is 6.34. The molecule has 136 valence electrons. The number of benzene rings is 1. The number of aromatic nitrogens is 2. The van der Waals surface area contributed by atoms with Crippen molar-refractivity contribution in [3.8, 4) is 0 Å². The minimum absolute atomic E-state index is 0.0350. The zero-order valence-electron chi connectivity index (χ0n) is 13.3. The van der Waals surface area contributed by atoms with Crippen LogP contribution in [0.4, 0.5) is 18.9 Å². The van der Waals surface area contributed by atoms with Crippen LogP contribution < -0.4 is 4.72 Å². The fourth-order valence-corrected chi connectivity index (χ4v) is 3.82. The molecule has 0 aliphatic carbocycles. The van der Waals surface area contributed by atoms with Gasteiger partial charge >= 0.3 is 6.18 Å². The normalized spacial score (nSPS) is 15.0. The maximum atomic E-state index is 13.2. The van der Waals surface area contributed by atoms with Crippen molar-refractivity contribution in [2.75, 3.05) is 11.3 Å². The van der Waals surface area contributed by atoms with Crippen molar-refractivity contribution in [2.45, 2.75) is 37.6 Å². The van der Waals surface area contributed by atoms with Gasteiger partial charge in [-0.2, -0.15) is 18.3 Å². The van der Waals surface area contributed by atoms with Gasteiger partial charge in [0.25, 0.3) is 10.0 Å². The van der Waals surface area contributed by atoms with Gasteiger partial charge < -0.3 is 4.74 Å². The summed E-state index contributed by atoms with van der Waals surface area (Å²) in [6, 6.07) is 4.46. The molecule has 0 saturated carbocycles. The van der Waals surface area contributed by atoms with E-state index >= 15 is 0 Å². The van der Waals surface area contributed by atoms with E-state index in [0.29, 0.717) is 17.7 Å². The Balaban J connectivity index is 1.96. The van der Waals surface area contributed by atoms with Crippen molar-refractivity contribution in [2.24, 2.45) is 0 Å². The number of fused-ring (bicyclic) bond motifs is 1. The van der Waals surface area contributed by atoms with Gasteiger partial charge in [-0.25, -0.2) is 8.42 Å². The fraction of sp³-hybridized carbons (Fsp3) is 0.400. The fourth-order valence-electron chi connectivity index (χ4n) is 2.71. The summed E-state index contributed by atoms with van der Waals surface area (Å²) in [4.78, 5) is -0.117. The lowest BCUT2D eigenvalue weighted by molar-refractivity contribution is -0.143. The Morgan fingerprint density at radius 1 is 1.32 bits per heavy atom. The molecular weight excluding hydrogens is 359 g/mol. The number of alkyl halides is 3. The monoisotopic (exact) mass is 375 g/mol. The second-order valence-electron chi connectivity index (χ2n) is 5.56. The van der Waals surface area contributed by atoms with Gasteiger partial charge in [0.15, 0.2) is 5.69 Å². The predicted octanol–water partition coefficient (Wildman–Crippen LogP) is 2.80. The van der Waals surface area contributed by atoms with Crippen LogP contribution in [-0.2, 0) is 40.5 Å². The number of hydrogen-bond donors (Lipinski definition) is 1. The number of hydrogen-bond acceptors (Lipinski definition) is 4. The number of aryl methyl sites for hydroxylation is 1. The molecule has 0 fully saturated rings. The summed E-state index contributed by atoms with van der Waals surface area (Å²) >= 11 is 0. The number of anilines is 1. The van der Waals surface area contributed by atoms with Crippen LogP contribution in [0.15, 0.2) is 29.3 Å². The smallest absolute Gasteiger partial charge is 0.376 e. The quantitative estimate of drug-likeness (QED) is 0.892. The molecule has 2 heterocycles. The largest absolute Gasteiger partial charge is 0.435 e. The third-order valence-corrected chi connectivity index (χ3v) is 5.28. The number of nitrogens with zero attached hydrogens (tertiary/aromatic N) is 2. The van der Waals surface area contributed by atoms with Gasteiger partial charge in [0.1, 0.15) is 0 Å². The molecule has 6 nitrogen and oxygen atoms in total. The molecule has 1 N–H and O–H groups in total. The molecule has 0 radical (unpaired) electrons. The Kier molecular flexibility index (Phi) is 4.50. The van der Waals surface area contributed by atoms with Crippen molar-refractivity contribution in [1.29, 1.82) is 0 Å². The summed E-state index contributed by atoms with van der Waals surface area (Å²) in [5.41, 5.74) is -0.0300. The molecule has 0 atom stereocenters. The molecule has 1 aliphatic rings. The average Bonchev–Trinajstić information content (AvgIpc) is 2.96. The summed E-state index contributed by atoms with van der Waals surface area (Å²) in [5, 5.41) is 3.60. The van der Waals surface area contributed by atoms with Crippen LogP contribution in [-0.4, -0.2) is 24.8 Å². The van der Waals surface area contributed by atoms with E-state index < -0.39 is 27.6 Å². The Hall–Kier alpha value is -2.07. The van der Waals surface area contributed by atoms with E-state index in [9.17, 15) is 21.6 Å². The molecule has 2 aromatic rings. The van der Waals surface area contributed by atoms with Crippen molar-refractivity contribution < 1.29 is 26.3 Å². The molecule has 0 unspecified atom stereocenters. The van der Waals surface area contributed by atoms with E-state index in [0.717, 1.165) is 17.3 Å². The first kappa shape index (κ1) is 17.7. The molecule has 25 heavy (non-hydrogen) atoms. The first-order chi connectivity index (χ1) is 11.7. The number of sulfonamides is 1. The van der Waals surface area contributed by atoms with Gasteiger partial charge in [-0.05, 0) is 36.6 Å². The van der Waals surface area contributed by atoms with Gasteiger partial charge in [0, 0.05) is 6.54 Å². The van der Waals surface area contributed by atoms with E-state index in [1.165, 1.54) is 19.1 Å². The SMILES string of the molecule is CCn1ncc(NS(=O)(=O)c2ccc3c(c2)COCC3)c1C(F)(F)F. The molecule has 3 rings (SSSR count). The third-order valence-electron chi connectivity index (χ3n) is 3.91. The Labute approximate surface area is 142 Å². The predicted molar refractivity (Wildman–Crippen MR) is 83.5 cm³/mol. The summed E-state index contributed by atoms with van der Waals surface area (Å²) in [6.45, 7) is 2.29. The highest BCUT2D eigenvalue weighted by Gasteiger charge is 2.39. The van der Waals surface area contributed by atoms with E-state index in [-0.39, 0.29) is 18.0 Å². The van der Waals surface area contributed by atoms with E-state index in [4.69, 9.17) is 4.74 Å². The van der Waals surface area contributed by atoms with Gasteiger partial charge in [-0.1, -0.05) is 6.07 Å². The minimum atomic E-state index is -4.73. The molecule has 1 aromatic heterocycles. The number of nitrogens with one attached hydrogen (secondary N) is 1. The summed E-state index contributed by atoms with van der Waals surface area (Å²) < 4.78 is 72.7. The Morgan fingerprint density at radius 2 is 2.08 bits per heavy atom. The molecule has 1 aromatic carbocycles. The van der Waals surface area contributed by atoms with Crippen LogP contribution in [0.1, 0.15) is 23.7 Å². The molecule has 0 bridgehead atoms. The summed E-state index contributed by atoms with van der Waals surface area (Å²) in [6.07, 6.45) is -3.19. The average molecular weight is 375 g/mol. The lowest BCUT2D eigenvalue weighted by Gasteiger charge is -2.18. The van der Waals surface area contributed by atoms with Gasteiger partial charge in [-0.15, -0.1) is 0 Å². The minimum Gasteiger partial charge on any atom is -0.376 e. The molecule has 0 saturated heterocycles. The van der Waals surface area contributed by atoms with Crippen LogP contribution in [0.3, 0.4) is 0 Å². The highest BCUT2D eigenvalue weighted by Crippen LogP contribution is 2.35. The maximum absolute atomic E-state index is 13.2. The van der Waals surface area contributed by atoms with Gasteiger partial charge in [-0.3, -0.25) is 9.40 Å². The highest BCUT2D eigenvalue weighted by atomic mass is 32.2. The zero-order valence-corrected chi connectivity index (χ0v) is 14.1. The van der Waals surface area contributed by atoms with Crippen LogP contribution in [0.25, 0.3) is 0 Å². The maximum Gasteiger partial charge on any atom is 0.435 e. The van der Waals surface area contributed by atoms with Crippen molar-refractivity contribution >= 4 is 15.7 Å². The summed E-state index contributed by atoms with van der Waals surface area (Å²) in [7, 11) is -4.18. The van der Waals surface area contributed by atoms with Crippen molar-refractivity contribution in [1.82, 2.24) is 9.78 Å². The topological polar surface area (TPSA) is 73.2 Å². The molecule has 0 amide bonds. The van der Waals surface area contributed by atoms with Crippen LogP contribution in [0.2, 0.25) is 0 Å². The van der Waals surface area contributed by atoms with Crippen LogP contribution >= 0.6 is 0 Å². The molecular formula is C15H16F3N3O3S. The van der Waals surface area contributed by atoms with Crippen LogP contribution in [0, 0.1) is 0 Å². The van der Waals surface area contributed by atoms with Crippen molar-refractivity contribution in [3.63, 3.8) is 0 Å². The zero-order chi connectivity index (χ0) is 18.2. The first-order valence-electron chi connectivity index (χ1n) is 7.57. The van der Waals surface area contributed by atoms with E-state index in [2.05, 4.69) is 5.10 Å².